The van der Waals surface area contributed by atoms with Crippen molar-refractivity contribution in [1.29, 1.82) is 0 Å². The van der Waals surface area contributed by atoms with Gasteiger partial charge in [-0.2, -0.15) is 0 Å². The van der Waals surface area contributed by atoms with Gasteiger partial charge in [-0.05, 0) is 89.9 Å². The Morgan fingerprint density at radius 3 is 0.810 bits per heavy atom. The zero-order valence-electron chi connectivity index (χ0n) is 52.6. The van der Waals surface area contributed by atoms with Gasteiger partial charge in [0.05, 0.1) is 0 Å². The first-order valence-corrected chi connectivity index (χ1v) is 34.4. The van der Waals surface area contributed by atoms with E-state index in [4.69, 9.17) is 14.2 Å². The van der Waals surface area contributed by atoms with Crippen molar-refractivity contribution in [2.45, 2.75) is 361 Å². The van der Waals surface area contributed by atoms with Crippen LogP contribution in [0.2, 0.25) is 0 Å². The average molecular weight is 1100 g/mol. The molecule has 0 aromatic heterocycles. The highest BCUT2D eigenvalue weighted by Crippen LogP contribution is 2.18. The zero-order valence-corrected chi connectivity index (χ0v) is 52.6. The first-order valence-electron chi connectivity index (χ1n) is 34.4. The number of esters is 3. The van der Waals surface area contributed by atoms with Crippen molar-refractivity contribution in [3.8, 4) is 0 Å². The molecule has 79 heavy (non-hydrogen) atoms. The summed E-state index contributed by atoms with van der Waals surface area (Å²) in [6.07, 6.45) is 88.0. The predicted octanol–water partition coefficient (Wildman–Crippen LogP) is 23.7. The molecule has 0 radical (unpaired) electrons. The van der Waals surface area contributed by atoms with E-state index in [2.05, 4.69) is 93.7 Å². The third-order valence-electron chi connectivity index (χ3n) is 15.2. The third kappa shape index (κ3) is 65.5. The van der Waals surface area contributed by atoms with Crippen LogP contribution in [0.15, 0.2) is 72.9 Å². The molecule has 0 amide bonds. The van der Waals surface area contributed by atoms with Crippen LogP contribution in [0.4, 0.5) is 0 Å². The lowest BCUT2D eigenvalue weighted by Crippen LogP contribution is -2.30. The van der Waals surface area contributed by atoms with E-state index in [1.165, 1.54) is 218 Å². The fraction of sp³-hybridized carbons (Fsp3) is 0.795. The monoisotopic (exact) mass is 1100 g/mol. The quantitative estimate of drug-likeness (QED) is 0.0261. The molecule has 0 spiro atoms. The molecule has 0 heterocycles. The molecule has 1 atom stereocenters. The van der Waals surface area contributed by atoms with Crippen molar-refractivity contribution in [3.63, 3.8) is 0 Å². The molecule has 6 heteroatoms. The first kappa shape index (κ1) is 75.8. The van der Waals surface area contributed by atoms with Crippen molar-refractivity contribution in [2.24, 2.45) is 0 Å². The zero-order chi connectivity index (χ0) is 57.1. The van der Waals surface area contributed by atoms with Gasteiger partial charge in [0.1, 0.15) is 13.2 Å². The highest BCUT2D eigenvalue weighted by molar-refractivity contribution is 5.71. The molecule has 0 aliphatic heterocycles. The summed E-state index contributed by atoms with van der Waals surface area (Å²) in [5.74, 6) is -0.923. The highest BCUT2D eigenvalue weighted by atomic mass is 16.6. The van der Waals surface area contributed by atoms with Crippen LogP contribution in [0.3, 0.4) is 0 Å². The van der Waals surface area contributed by atoms with Gasteiger partial charge in [-0.3, -0.25) is 14.4 Å². The molecule has 0 aliphatic carbocycles. The van der Waals surface area contributed by atoms with E-state index < -0.39 is 6.10 Å². The van der Waals surface area contributed by atoms with E-state index in [9.17, 15) is 14.4 Å². The van der Waals surface area contributed by atoms with Gasteiger partial charge in [-0.1, -0.05) is 318 Å². The van der Waals surface area contributed by atoms with E-state index in [0.717, 1.165) is 96.3 Å². The van der Waals surface area contributed by atoms with Crippen LogP contribution >= 0.6 is 0 Å². The average Bonchev–Trinajstić information content (AvgIpc) is 3.45. The number of allylic oxidation sites excluding steroid dienone is 12. The summed E-state index contributed by atoms with van der Waals surface area (Å²) < 4.78 is 16.9. The van der Waals surface area contributed by atoms with Gasteiger partial charge < -0.3 is 14.2 Å². The third-order valence-corrected chi connectivity index (χ3v) is 15.2. The Balaban J connectivity index is 4.27. The van der Waals surface area contributed by atoms with Gasteiger partial charge in [0, 0.05) is 19.3 Å². The lowest BCUT2D eigenvalue weighted by Gasteiger charge is -2.18. The van der Waals surface area contributed by atoms with Crippen molar-refractivity contribution in [2.75, 3.05) is 13.2 Å². The summed E-state index contributed by atoms with van der Waals surface area (Å²) in [5.41, 5.74) is 0. The number of unbranched alkanes of at least 4 members (excludes halogenated alkanes) is 40. The molecule has 0 aromatic rings. The van der Waals surface area contributed by atoms with Gasteiger partial charge in [-0.25, -0.2) is 0 Å². The van der Waals surface area contributed by atoms with Gasteiger partial charge >= 0.3 is 17.9 Å². The molecule has 0 fully saturated rings. The molecule has 0 aliphatic rings. The summed E-state index contributed by atoms with van der Waals surface area (Å²) in [6.45, 7) is 6.52. The highest BCUT2D eigenvalue weighted by Gasteiger charge is 2.19. The standard InChI is InChI=1S/C73H130O6/c1-4-7-10-13-16-19-22-25-28-30-32-33-34-35-36-37-38-39-40-41-43-45-48-51-54-57-60-63-66-72(75)78-69-70(68-77-71(74)65-62-59-56-53-50-47-44-27-24-21-18-15-12-9-6-3)79-73(76)67-64-61-58-55-52-49-46-42-31-29-26-23-20-17-14-11-8-5-2/h9,12,18,20-21,23,27,29,31,44,50,53,70H,4-8,10-11,13-17,19,22,24-26,28,30,32-43,45-49,51-52,54-69H2,1-3H3/b12-9-,21-18-,23-20-,31-29-,44-27-,53-50-. The maximum absolute atomic E-state index is 12.9. The summed E-state index contributed by atoms with van der Waals surface area (Å²) in [5, 5.41) is 0. The Labute approximate surface area is 491 Å². The Kier molecular flexibility index (Phi) is 64.7. The second-order valence-corrected chi connectivity index (χ2v) is 23.1. The van der Waals surface area contributed by atoms with Crippen LogP contribution in [0, 0.1) is 0 Å². The molecule has 6 nitrogen and oxygen atoms in total. The second-order valence-electron chi connectivity index (χ2n) is 23.1. The molecular formula is C73H130O6. The summed E-state index contributed by atoms with van der Waals surface area (Å²) in [7, 11) is 0. The summed E-state index contributed by atoms with van der Waals surface area (Å²) in [4.78, 5) is 38.4. The minimum Gasteiger partial charge on any atom is -0.462 e. The minimum absolute atomic E-state index is 0.0891. The van der Waals surface area contributed by atoms with Gasteiger partial charge in [0.25, 0.3) is 0 Å². The minimum atomic E-state index is -0.797. The van der Waals surface area contributed by atoms with Crippen molar-refractivity contribution >= 4 is 17.9 Å². The maximum Gasteiger partial charge on any atom is 0.306 e. The summed E-state index contributed by atoms with van der Waals surface area (Å²) >= 11 is 0. The van der Waals surface area contributed by atoms with Crippen molar-refractivity contribution in [1.82, 2.24) is 0 Å². The summed E-state index contributed by atoms with van der Waals surface area (Å²) in [6, 6.07) is 0. The van der Waals surface area contributed by atoms with Crippen LogP contribution in [0.5, 0.6) is 0 Å². The number of rotatable bonds is 63. The Hall–Kier alpha value is -3.15. The van der Waals surface area contributed by atoms with E-state index in [1.807, 2.05) is 0 Å². The molecule has 0 bridgehead atoms. The first-order chi connectivity index (χ1) is 39.0. The van der Waals surface area contributed by atoms with Crippen LogP contribution in [-0.4, -0.2) is 37.2 Å². The molecule has 0 saturated heterocycles. The van der Waals surface area contributed by atoms with E-state index in [-0.39, 0.29) is 31.1 Å². The number of hydrogen-bond donors (Lipinski definition) is 0. The largest absolute Gasteiger partial charge is 0.462 e. The lowest BCUT2D eigenvalue weighted by molar-refractivity contribution is -0.167. The molecule has 0 rings (SSSR count). The van der Waals surface area contributed by atoms with E-state index in [1.54, 1.807) is 0 Å². The number of ether oxygens (including phenoxy) is 3. The second kappa shape index (κ2) is 67.4. The molecular weight excluding hydrogens is 973 g/mol. The smallest absolute Gasteiger partial charge is 0.306 e. The van der Waals surface area contributed by atoms with Gasteiger partial charge in [0.15, 0.2) is 6.10 Å². The van der Waals surface area contributed by atoms with Crippen molar-refractivity contribution in [3.05, 3.63) is 72.9 Å². The maximum atomic E-state index is 12.9. The molecule has 458 valence electrons. The fourth-order valence-corrected chi connectivity index (χ4v) is 10.1. The number of carbonyl (C=O) groups is 3. The normalized spacial score (nSPS) is 12.5. The number of hydrogen-bond acceptors (Lipinski definition) is 6. The van der Waals surface area contributed by atoms with Crippen LogP contribution in [-0.2, 0) is 28.6 Å². The van der Waals surface area contributed by atoms with Crippen LogP contribution in [0.25, 0.3) is 0 Å². The Morgan fingerprint density at radius 2 is 0.494 bits per heavy atom. The predicted molar refractivity (Wildman–Crippen MR) is 344 cm³/mol. The number of carbonyl (C=O) groups excluding carboxylic acids is 3. The Bertz CT molecular complexity index is 1450. The van der Waals surface area contributed by atoms with Gasteiger partial charge in [0.2, 0.25) is 0 Å². The Morgan fingerprint density at radius 1 is 0.266 bits per heavy atom. The fourth-order valence-electron chi connectivity index (χ4n) is 10.1. The van der Waals surface area contributed by atoms with Crippen LogP contribution < -0.4 is 0 Å². The lowest BCUT2D eigenvalue weighted by atomic mass is 10.0. The topological polar surface area (TPSA) is 78.9 Å². The molecule has 1 unspecified atom stereocenters. The van der Waals surface area contributed by atoms with Gasteiger partial charge in [-0.15, -0.1) is 0 Å². The molecule has 0 saturated carbocycles. The van der Waals surface area contributed by atoms with E-state index in [0.29, 0.717) is 19.3 Å². The molecule has 0 aromatic carbocycles. The van der Waals surface area contributed by atoms with Crippen molar-refractivity contribution < 1.29 is 28.6 Å². The van der Waals surface area contributed by atoms with Crippen LogP contribution in [0.1, 0.15) is 355 Å². The van der Waals surface area contributed by atoms with E-state index >= 15 is 0 Å². The molecule has 0 N–H and O–H groups in total. The SMILES string of the molecule is CC/C=C\C/C=C\C/C=C\C/C=C\CCCCC(=O)OCC(COC(=O)CCCCCCCCCCCCCCCCCCCCCCCCCCCCCC)OC(=O)CCCCCCCCC/C=C\C/C=C\CCCCCC.